The highest BCUT2D eigenvalue weighted by molar-refractivity contribution is 5.73. The molecule has 0 saturated carbocycles. The number of aryl methyl sites for hydroxylation is 1. The van der Waals surface area contributed by atoms with Crippen LogP contribution in [0, 0.1) is 0 Å². The summed E-state index contributed by atoms with van der Waals surface area (Å²) in [5.41, 5.74) is 1.19. The quantitative estimate of drug-likeness (QED) is 0.664. The molecule has 0 bridgehead atoms. The predicted octanol–water partition coefficient (Wildman–Crippen LogP) is 0.0112. The average Bonchev–Trinajstić information content (AvgIpc) is 3.38. The number of imidazole rings is 1. The molecule has 0 atom stereocenters. The van der Waals surface area contributed by atoms with Crippen molar-refractivity contribution in [3.05, 3.63) is 44.6 Å². The van der Waals surface area contributed by atoms with Crippen LogP contribution in [0.3, 0.4) is 0 Å². The van der Waals surface area contributed by atoms with E-state index in [0.29, 0.717) is 17.1 Å². The number of nitrogens with zero attached hydrogens (tertiary/aromatic N) is 5. The molecule has 0 spiro atoms. The monoisotopic (exact) mass is 398 g/mol. The lowest BCUT2D eigenvalue weighted by Gasteiger charge is -2.34. The molecule has 2 aliphatic heterocycles. The number of aromatic nitrogens is 4. The highest BCUT2D eigenvalue weighted by Crippen LogP contribution is 2.32. The van der Waals surface area contributed by atoms with Crippen LogP contribution < -0.4 is 25.6 Å². The molecule has 3 aromatic rings. The second-order valence-electron chi connectivity index (χ2n) is 7.42. The maximum Gasteiger partial charge on any atom is 0.332 e. The highest BCUT2D eigenvalue weighted by atomic mass is 16.7. The van der Waals surface area contributed by atoms with Crippen LogP contribution in [0.1, 0.15) is 5.56 Å². The standard InChI is InChI=1S/C19H22N6O4/c1-22-16-15(17(26)23(2)19(22)27)20-18(21-16)25-7-5-24(6-8-25)10-12-3-4-13-14(9-12)29-11-28-13/h3-4,9H,5-8,10-11H2,1-2H3,(H,20,21). The fourth-order valence-corrected chi connectivity index (χ4v) is 3.88. The number of rotatable bonds is 3. The minimum absolute atomic E-state index is 0.281. The van der Waals surface area contributed by atoms with Crippen molar-refractivity contribution in [3.63, 3.8) is 0 Å². The van der Waals surface area contributed by atoms with Gasteiger partial charge < -0.3 is 19.4 Å². The van der Waals surface area contributed by atoms with Crippen LogP contribution in [0.5, 0.6) is 11.5 Å². The van der Waals surface area contributed by atoms with Crippen molar-refractivity contribution in [1.29, 1.82) is 0 Å². The van der Waals surface area contributed by atoms with Crippen LogP contribution in [0.15, 0.2) is 27.8 Å². The molecule has 2 aliphatic rings. The van der Waals surface area contributed by atoms with E-state index in [2.05, 4.69) is 25.8 Å². The maximum absolute atomic E-state index is 12.4. The van der Waals surface area contributed by atoms with E-state index in [0.717, 1.165) is 48.8 Å². The van der Waals surface area contributed by atoms with Gasteiger partial charge in [-0.15, -0.1) is 0 Å². The first-order chi connectivity index (χ1) is 14.0. The molecule has 1 aromatic carbocycles. The molecule has 5 rings (SSSR count). The van der Waals surface area contributed by atoms with Crippen LogP contribution in [0.2, 0.25) is 0 Å². The number of piperazine rings is 1. The van der Waals surface area contributed by atoms with Crippen molar-refractivity contribution in [3.8, 4) is 11.5 Å². The summed E-state index contributed by atoms with van der Waals surface area (Å²) in [4.78, 5) is 36.6. The molecule has 152 valence electrons. The van der Waals surface area contributed by atoms with Gasteiger partial charge in [-0.1, -0.05) is 6.07 Å². The van der Waals surface area contributed by atoms with Crippen LogP contribution in [-0.4, -0.2) is 57.0 Å². The number of anilines is 1. The predicted molar refractivity (Wildman–Crippen MR) is 107 cm³/mol. The summed E-state index contributed by atoms with van der Waals surface area (Å²) >= 11 is 0. The minimum Gasteiger partial charge on any atom is -0.454 e. The Balaban J connectivity index is 1.31. The van der Waals surface area contributed by atoms with Crippen molar-refractivity contribution in [1.82, 2.24) is 24.0 Å². The maximum atomic E-state index is 12.4. The summed E-state index contributed by atoms with van der Waals surface area (Å²) in [6.45, 7) is 4.39. The van der Waals surface area contributed by atoms with Crippen molar-refractivity contribution in [2.24, 2.45) is 14.1 Å². The number of aromatic amines is 1. The van der Waals surface area contributed by atoms with E-state index in [1.807, 2.05) is 12.1 Å². The molecule has 29 heavy (non-hydrogen) atoms. The lowest BCUT2D eigenvalue weighted by molar-refractivity contribution is 0.174. The Hall–Kier alpha value is -3.27. The van der Waals surface area contributed by atoms with Gasteiger partial charge in [-0.2, -0.15) is 4.98 Å². The molecule has 0 aliphatic carbocycles. The smallest absolute Gasteiger partial charge is 0.332 e. The molecule has 10 nitrogen and oxygen atoms in total. The van der Waals surface area contributed by atoms with Crippen LogP contribution >= 0.6 is 0 Å². The Morgan fingerprint density at radius 1 is 1.03 bits per heavy atom. The van der Waals surface area contributed by atoms with E-state index in [9.17, 15) is 9.59 Å². The van der Waals surface area contributed by atoms with Crippen LogP contribution in [-0.2, 0) is 20.6 Å². The molecule has 1 saturated heterocycles. The molecule has 1 N–H and O–H groups in total. The Kier molecular flexibility index (Phi) is 4.09. The SMILES string of the molecule is Cn1c(=O)c2[nH]c(N3CCN(Cc4ccc5c(c4)OCO5)CC3)nc2n(C)c1=O. The molecule has 0 radical (unpaired) electrons. The van der Waals surface area contributed by atoms with Gasteiger partial charge in [-0.3, -0.25) is 18.8 Å². The molecular formula is C19H22N6O4. The van der Waals surface area contributed by atoms with Gasteiger partial charge >= 0.3 is 5.69 Å². The summed E-state index contributed by atoms with van der Waals surface area (Å²) in [5.74, 6) is 2.22. The second kappa shape index (κ2) is 6.66. The summed E-state index contributed by atoms with van der Waals surface area (Å²) < 4.78 is 13.3. The molecule has 4 heterocycles. The first kappa shape index (κ1) is 17.8. The van der Waals surface area contributed by atoms with Gasteiger partial charge in [-0.25, -0.2) is 4.79 Å². The van der Waals surface area contributed by atoms with Crippen molar-refractivity contribution in [2.45, 2.75) is 6.54 Å². The normalized spacial score (nSPS) is 16.7. The third-order valence-electron chi connectivity index (χ3n) is 5.60. The topological polar surface area (TPSA) is 97.6 Å². The number of ether oxygens (including phenoxy) is 2. The Bertz CT molecular complexity index is 1200. The van der Waals surface area contributed by atoms with Gasteiger partial charge in [0, 0.05) is 46.8 Å². The van der Waals surface area contributed by atoms with Crippen molar-refractivity contribution in [2.75, 3.05) is 37.9 Å². The van der Waals surface area contributed by atoms with Gasteiger partial charge in [0.25, 0.3) is 5.56 Å². The Morgan fingerprint density at radius 2 is 1.79 bits per heavy atom. The van der Waals surface area contributed by atoms with Gasteiger partial charge in [0.15, 0.2) is 22.7 Å². The van der Waals surface area contributed by atoms with Gasteiger partial charge in [0.05, 0.1) is 0 Å². The molecule has 0 amide bonds. The summed E-state index contributed by atoms with van der Waals surface area (Å²) in [7, 11) is 3.09. The molecule has 0 unspecified atom stereocenters. The van der Waals surface area contributed by atoms with E-state index in [-0.39, 0.29) is 18.0 Å². The Morgan fingerprint density at radius 3 is 2.59 bits per heavy atom. The zero-order valence-electron chi connectivity index (χ0n) is 16.3. The minimum atomic E-state index is -0.380. The molecule has 2 aromatic heterocycles. The number of hydrogen-bond donors (Lipinski definition) is 1. The summed E-state index contributed by atoms with van der Waals surface area (Å²) in [6.07, 6.45) is 0. The van der Waals surface area contributed by atoms with Crippen molar-refractivity contribution >= 4 is 17.1 Å². The fraction of sp³-hybridized carbons (Fsp3) is 0.421. The average molecular weight is 398 g/mol. The third kappa shape index (κ3) is 2.96. The van der Waals surface area contributed by atoms with Crippen molar-refractivity contribution < 1.29 is 9.47 Å². The van der Waals surface area contributed by atoms with E-state index in [4.69, 9.17) is 9.47 Å². The molecule has 10 heteroatoms. The lowest BCUT2D eigenvalue weighted by Crippen LogP contribution is -2.46. The van der Waals surface area contributed by atoms with Gasteiger partial charge in [0.1, 0.15) is 0 Å². The van der Waals surface area contributed by atoms with Gasteiger partial charge in [-0.05, 0) is 17.7 Å². The largest absolute Gasteiger partial charge is 0.454 e. The van der Waals surface area contributed by atoms with Crippen LogP contribution in [0.25, 0.3) is 11.2 Å². The molecular weight excluding hydrogens is 376 g/mol. The first-order valence-corrected chi connectivity index (χ1v) is 9.53. The molecule has 1 fully saturated rings. The summed E-state index contributed by atoms with van der Waals surface area (Å²) in [6, 6.07) is 6.05. The number of hydrogen-bond acceptors (Lipinski definition) is 7. The first-order valence-electron chi connectivity index (χ1n) is 9.53. The zero-order valence-corrected chi connectivity index (χ0v) is 16.3. The Labute approximate surface area is 165 Å². The number of fused-ring (bicyclic) bond motifs is 2. The number of nitrogens with one attached hydrogen (secondary N) is 1. The zero-order chi connectivity index (χ0) is 20.1. The third-order valence-corrected chi connectivity index (χ3v) is 5.60. The number of H-pyrrole nitrogens is 1. The summed E-state index contributed by atoms with van der Waals surface area (Å²) in [5, 5.41) is 0. The fourth-order valence-electron chi connectivity index (χ4n) is 3.88. The van der Waals surface area contributed by atoms with E-state index < -0.39 is 0 Å². The highest BCUT2D eigenvalue weighted by Gasteiger charge is 2.22. The lowest BCUT2D eigenvalue weighted by atomic mass is 10.1. The second-order valence-corrected chi connectivity index (χ2v) is 7.42. The van der Waals surface area contributed by atoms with E-state index >= 15 is 0 Å². The van der Waals surface area contributed by atoms with E-state index in [1.165, 1.54) is 17.2 Å². The van der Waals surface area contributed by atoms with E-state index in [1.54, 1.807) is 7.05 Å². The number of benzene rings is 1. The van der Waals surface area contributed by atoms with Crippen LogP contribution in [0.4, 0.5) is 5.95 Å². The van der Waals surface area contributed by atoms with Gasteiger partial charge in [0.2, 0.25) is 12.7 Å².